The van der Waals surface area contributed by atoms with Gasteiger partial charge in [0, 0.05) is 13.2 Å². The Morgan fingerprint density at radius 3 is 3.09 bits per heavy atom. The van der Waals surface area contributed by atoms with Crippen molar-refractivity contribution in [2.24, 2.45) is 0 Å². The number of nitrogens with one attached hydrogen (secondary N) is 1. The third-order valence-electron chi connectivity index (χ3n) is 3.95. The summed E-state index contributed by atoms with van der Waals surface area (Å²) in [5.74, 6) is 0.926. The van der Waals surface area contributed by atoms with Crippen LogP contribution in [0.15, 0.2) is 36.9 Å². The highest BCUT2D eigenvalue weighted by Crippen LogP contribution is 2.27. The molecule has 0 aliphatic carbocycles. The molecule has 3 heterocycles. The number of aromatic nitrogens is 4. The molecule has 118 valence electrons. The number of fused-ring (bicyclic) bond motifs is 1. The highest BCUT2D eigenvalue weighted by atomic mass is 16.5. The Morgan fingerprint density at radius 1 is 1.30 bits per heavy atom. The molecule has 1 aromatic carbocycles. The van der Waals surface area contributed by atoms with E-state index >= 15 is 0 Å². The Hall–Kier alpha value is -2.67. The zero-order valence-electron chi connectivity index (χ0n) is 12.5. The van der Waals surface area contributed by atoms with Gasteiger partial charge in [-0.05, 0) is 30.5 Å². The summed E-state index contributed by atoms with van der Waals surface area (Å²) in [7, 11) is 0. The first-order chi connectivity index (χ1) is 11.3. The Morgan fingerprint density at radius 2 is 2.26 bits per heavy atom. The predicted molar refractivity (Wildman–Crippen MR) is 85.0 cm³/mol. The Bertz CT molecular complexity index is 826. The number of imidazole rings is 1. The lowest BCUT2D eigenvalue weighted by molar-refractivity contribution is 0.0593. The highest BCUT2D eigenvalue weighted by molar-refractivity contribution is 5.82. The molecule has 0 spiro atoms. The van der Waals surface area contributed by atoms with E-state index in [1.165, 1.54) is 6.33 Å². The van der Waals surface area contributed by atoms with Crippen LogP contribution >= 0.6 is 0 Å². The minimum absolute atomic E-state index is 0.00817. The molecule has 3 aromatic rings. The number of benzene rings is 1. The van der Waals surface area contributed by atoms with Gasteiger partial charge in [0.15, 0.2) is 17.0 Å². The van der Waals surface area contributed by atoms with Crippen LogP contribution in [-0.4, -0.2) is 31.2 Å². The zero-order chi connectivity index (χ0) is 15.6. The van der Waals surface area contributed by atoms with Crippen LogP contribution in [0.4, 0.5) is 5.82 Å². The van der Waals surface area contributed by atoms with Crippen molar-refractivity contribution in [3.8, 4) is 5.75 Å². The normalized spacial score (nSPS) is 17.7. The molecule has 0 bridgehead atoms. The van der Waals surface area contributed by atoms with E-state index in [0.29, 0.717) is 12.4 Å². The lowest BCUT2D eigenvalue weighted by Crippen LogP contribution is -2.07. The number of anilines is 1. The summed E-state index contributed by atoms with van der Waals surface area (Å²) in [6.45, 7) is 1.32. The van der Waals surface area contributed by atoms with Gasteiger partial charge in [0.2, 0.25) is 0 Å². The summed E-state index contributed by atoms with van der Waals surface area (Å²) in [6.07, 6.45) is 5.32. The van der Waals surface area contributed by atoms with Crippen molar-refractivity contribution in [1.82, 2.24) is 19.5 Å². The Labute approximate surface area is 133 Å². The SMILES string of the molecule is Oc1cccc(CNc2ncnc3c2ncn3C2CCCO2)c1. The minimum Gasteiger partial charge on any atom is -0.508 e. The average Bonchev–Trinajstić information content (AvgIpc) is 3.22. The van der Waals surface area contributed by atoms with Crippen LogP contribution in [-0.2, 0) is 11.3 Å². The first-order valence-corrected chi connectivity index (χ1v) is 7.62. The Balaban J connectivity index is 1.60. The van der Waals surface area contributed by atoms with E-state index in [-0.39, 0.29) is 12.0 Å². The van der Waals surface area contributed by atoms with Crippen molar-refractivity contribution in [2.75, 3.05) is 11.9 Å². The van der Waals surface area contributed by atoms with Gasteiger partial charge in [-0.3, -0.25) is 4.57 Å². The van der Waals surface area contributed by atoms with E-state index in [0.717, 1.165) is 36.2 Å². The number of aromatic hydroxyl groups is 1. The molecule has 0 radical (unpaired) electrons. The first-order valence-electron chi connectivity index (χ1n) is 7.62. The topological polar surface area (TPSA) is 85.1 Å². The van der Waals surface area contributed by atoms with Crippen molar-refractivity contribution in [3.05, 3.63) is 42.5 Å². The number of nitrogens with zero attached hydrogens (tertiary/aromatic N) is 4. The fraction of sp³-hybridized carbons (Fsp3) is 0.312. The largest absolute Gasteiger partial charge is 0.508 e. The summed E-state index contributed by atoms with van der Waals surface area (Å²) in [6, 6.07) is 7.12. The van der Waals surface area contributed by atoms with E-state index in [2.05, 4.69) is 20.3 Å². The van der Waals surface area contributed by atoms with E-state index in [9.17, 15) is 5.11 Å². The molecule has 7 heteroatoms. The number of rotatable bonds is 4. The first kappa shape index (κ1) is 14.0. The minimum atomic E-state index is 0.00817. The molecule has 7 nitrogen and oxygen atoms in total. The molecule has 4 rings (SSSR count). The van der Waals surface area contributed by atoms with Gasteiger partial charge in [0.25, 0.3) is 0 Å². The van der Waals surface area contributed by atoms with Gasteiger partial charge in [0.05, 0.1) is 6.33 Å². The Kier molecular flexibility index (Phi) is 3.55. The van der Waals surface area contributed by atoms with Gasteiger partial charge < -0.3 is 15.2 Å². The molecular formula is C16H17N5O2. The number of phenolic OH excluding ortho intramolecular Hbond substituents is 1. The molecule has 2 N–H and O–H groups in total. The summed E-state index contributed by atoms with van der Waals surface area (Å²) >= 11 is 0. The van der Waals surface area contributed by atoms with Crippen LogP contribution in [0, 0.1) is 0 Å². The van der Waals surface area contributed by atoms with Gasteiger partial charge >= 0.3 is 0 Å². The van der Waals surface area contributed by atoms with E-state index in [1.807, 2.05) is 16.7 Å². The van der Waals surface area contributed by atoms with Crippen LogP contribution < -0.4 is 5.32 Å². The van der Waals surface area contributed by atoms with Gasteiger partial charge in [0.1, 0.15) is 18.3 Å². The van der Waals surface area contributed by atoms with Crippen molar-refractivity contribution >= 4 is 17.0 Å². The molecule has 1 atom stereocenters. The van der Waals surface area contributed by atoms with Gasteiger partial charge in [-0.25, -0.2) is 15.0 Å². The fourth-order valence-electron chi connectivity index (χ4n) is 2.82. The van der Waals surface area contributed by atoms with Crippen LogP contribution in [0.3, 0.4) is 0 Å². The average molecular weight is 311 g/mol. The smallest absolute Gasteiger partial charge is 0.167 e. The fourth-order valence-corrected chi connectivity index (χ4v) is 2.82. The zero-order valence-corrected chi connectivity index (χ0v) is 12.5. The van der Waals surface area contributed by atoms with Crippen molar-refractivity contribution in [1.29, 1.82) is 0 Å². The van der Waals surface area contributed by atoms with Crippen LogP contribution in [0.5, 0.6) is 5.75 Å². The summed E-state index contributed by atoms with van der Waals surface area (Å²) in [5, 5.41) is 12.8. The van der Waals surface area contributed by atoms with Gasteiger partial charge in [-0.1, -0.05) is 12.1 Å². The number of ether oxygens (including phenoxy) is 1. The number of hydrogen-bond donors (Lipinski definition) is 2. The maximum Gasteiger partial charge on any atom is 0.167 e. The lowest BCUT2D eigenvalue weighted by atomic mass is 10.2. The number of hydrogen-bond acceptors (Lipinski definition) is 6. The van der Waals surface area contributed by atoms with Crippen molar-refractivity contribution in [2.45, 2.75) is 25.6 Å². The molecule has 0 saturated carbocycles. The monoisotopic (exact) mass is 311 g/mol. The third-order valence-corrected chi connectivity index (χ3v) is 3.95. The molecular weight excluding hydrogens is 294 g/mol. The molecule has 23 heavy (non-hydrogen) atoms. The summed E-state index contributed by atoms with van der Waals surface area (Å²) < 4.78 is 7.66. The molecule has 1 aliphatic rings. The molecule has 0 amide bonds. The second kappa shape index (κ2) is 5.85. The summed E-state index contributed by atoms with van der Waals surface area (Å²) in [4.78, 5) is 13.1. The molecule has 2 aromatic heterocycles. The number of phenols is 1. The lowest BCUT2D eigenvalue weighted by Gasteiger charge is -2.11. The van der Waals surface area contributed by atoms with E-state index in [1.54, 1.807) is 18.5 Å². The predicted octanol–water partition coefficient (Wildman–Crippen LogP) is 2.45. The second-order valence-corrected chi connectivity index (χ2v) is 5.54. The standard InChI is InChI=1S/C16H17N5O2/c22-12-4-1-3-11(7-12)8-17-15-14-16(19-9-18-15)21(10-20-14)13-5-2-6-23-13/h1,3-4,7,9-10,13,22H,2,5-6,8H2,(H,17,18,19). The van der Waals surface area contributed by atoms with Crippen LogP contribution in [0.2, 0.25) is 0 Å². The highest BCUT2D eigenvalue weighted by Gasteiger charge is 2.21. The molecule has 1 aliphatic heterocycles. The molecule has 1 unspecified atom stereocenters. The van der Waals surface area contributed by atoms with Crippen molar-refractivity contribution in [3.63, 3.8) is 0 Å². The maximum atomic E-state index is 9.52. The van der Waals surface area contributed by atoms with Crippen molar-refractivity contribution < 1.29 is 9.84 Å². The van der Waals surface area contributed by atoms with E-state index in [4.69, 9.17) is 4.74 Å². The maximum absolute atomic E-state index is 9.52. The second-order valence-electron chi connectivity index (χ2n) is 5.54. The summed E-state index contributed by atoms with van der Waals surface area (Å²) in [5.41, 5.74) is 2.46. The third kappa shape index (κ3) is 2.70. The van der Waals surface area contributed by atoms with Crippen LogP contribution in [0.25, 0.3) is 11.2 Å². The quantitative estimate of drug-likeness (QED) is 0.770. The van der Waals surface area contributed by atoms with E-state index < -0.39 is 0 Å². The van der Waals surface area contributed by atoms with Gasteiger partial charge in [-0.15, -0.1) is 0 Å². The van der Waals surface area contributed by atoms with Crippen LogP contribution in [0.1, 0.15) is 24.6 Å². The molecule has 1 fully saturated rings. The van der Waals surface area contributed by atoms with Gasteiger partial charge in [-0.2, -0.15) is 0 Å². The molecule has 1 saturated heterocycles.